The number of benzene rings is 1. The topological polar surface area (TPSA) is 70.2 Å². The molecule has 1 saturated heterocycles. The number of hydrogen-bond acceptors (Lipinski definition) is 4. The number of nitrogens with one attached hydrogen (secondary N) is 3. The molecule has 0 aliphatic carbocycles. The number of hydrogen-bond donors (Lipinski definition) is 3. The summed E-state index contributed by atoms with van der Waals surface area (Å²) in [6.45, 7) is 1.92. The van der Waals surface area contributed by atoms with Gasteiger partial charge in [0, 0.05) is 18.2 Å². The summed E-state index contributed by atoms with van der Waals surface area (Å²) in [5.74, 6) is -0.369. The van der Waals surface area contributed by atoms with Crippen molar-refractivity contribution < 1.29 is 14.0 Å². The van der Waals surface area contributed by atoms with Crippen LogP contribution in [0.3, 0.4) is 0 Å². The molecule has 1 aromatic rings. The third-order valence-corrected chi connectivity index (χ3v) is 3.74. The predicted octanol–water partition coefficient (Wildman–Crippen LogP) is 1.28. The molecule has 2 amide bonds. The number of rotatable bonds is 4. The fourth-order valence-electron chi connectivity index (χ4n) is 1.82. The minimum Gasteiger partial charge on any atom is -0.332 e. The molecule has 1 aliphatic heterocycles. The molecule has 5 nitrogen and oxygen atoms in total. The highest BCUT2D eigenvalue weighted by Crippen LogP contribution is 2.13. The first-order chi connectivity index (χ1) is 9.52. The van der Waals surface area contributed by atoms with Gasteiger partial charge in [0.1, 0.15) is 11.3 Å². The van der Waals surface area contributed by atoms with Gasteiger partial charge < -0.3 is 10.6 Å². The molecule has 0 spiro atoms. The highest BCUT2D eigenvalue weighted by Gasteiger charge is 2.23. The average molecular weight is 297 g/mol. The number of halogens is 1. The van der Waals surface area contributed by atoms with E-state index in [1.165, 1.54) is 36.0 Å². The van der Waals surface area contributed by atoms with E-state index >= 15 is 0 Å². The minimum atomic E-state index is -0.347. The Labute approximate surface area is 120 Å². The fourth-order valence-corrected chi connectivity index (χ4v) is 2.75. The van der Waals surface area contributed by atoms with Crippen molar-refractivity contribution in [3.8, 4) is 0 Å². The third kappa shape index (κ3) is 4.50. The van der Waals surface area contributed by atoms with Gasteiger partial charge in [0.05, 0.1) is 5.75 Å². The lowest BCUT2D eigenvalue weighted by Gasteiger charge is -2.28. The van der Waals surface area contributed by atoms with E-state index in [1.807, 2.05) is 6.92 Å². The van der Waals surface area contributed by atoms with Crippen LogP contribution in [0.15, 0.2) is 24.3 Å². The second-order valence-electron chi connectivity index (χ2n) is 4.59. The molecular weight excluding hydrogens is 281 g/mol. The van der Waals surface area contributed by atoms with Crippen LogP contribution in [-0.4, -0.2) is 29.1 Å². The van der Waals surface area contributed by atoms with Gasteiger partial charge in [-0.3, -0.25) is 14.9 Å². The summed E-state index contributed by atoms with van der Waals surface area (Å²) < 4.78 is 12.7. The molecule has 1 fully saturated rings. The summed E-state index contributed by atoms with van der Waals surface area (Å²) in [5, 5.41) is 8.60. The lowest BCUT2D eigenvalue weighted by atomic mass is 10.2. The maximum atomic E-state index is 12.7. The number of amides is 2. The average Bonchev–Trinajstić information content (AvgIpc) is 2.38. The first-order valence-corrected chi connectivity index (χ1v) is 7.30. The quantitative estimate of drug-likeness (QED) is 0.783. The van der Waals surface area contributed by atoms with Crippen LogP contribution in [-0.2, 0) is 9.59 Å². The maximum Gasteiger partial charge on any atom is 0.234 e. The van der Waals surface area contributed by atoms with Crippen LogP contribution < -0.4 is 16.0 Å². The monoisotopic (exact) mass is 297 g/mol. The van der Waals surface area contributed by atoms with Crippen molar-refractivity contribution in [1.82, 2.24) is 10.6 Å². The molecule has 0 radical (unpaired) electrons. The second kappa shape index (κ2) is 6.71. The Kier molecular flexibility index (Phi) is 4.97. The summed E-state index contributed by atoms with van der Waals surface area (Å²) in [6.07, 6.45) is 0.443. The Morgan fingerprint density at radius 1 is 1.45 bits per heavy atom. The van der Waals surface area contributed by atoms with Crippen LogP contribution in [0.25, 0.3) is 0 Å². The van der Waals surface area contributed by atoms with Crippen LogP contribution in [0, 0.1) is 5.82 Å². The first-order valence-electron chi connectivity index (χ1n) is 6.25. The maximum absolute atomic E-state index is 12.7. The molecule has 2 unspecified atom stereocenters. The Balaban J connectivity index is 1.77. The van der Waals surface area contributed by atoms with Crippen molar-refractivity contribution in [2.75, 3.05) is 11.1 Å². The minimum absolute atomic E-state index is 0.0207. The standard InChI is InChI=1S/C13H16FN3O2S/c1-8-6-11(18)17-13(15-8)20-7-12(19)16-10-4-2-9(14)3-5-10/h2-5,8,13,15H,6-7H2,1H3,(H,16,19)(H,17,18). The van der Waals surface area contributed by atoms with Crippen molar-refractivity contribution in [1.29, 1.82) is 0 Å². The zero-order valence-corrected chi connectivity index (χ0v) is 11.8. The van der Waals surface area contributed by atoms with Crippen LogP contribution in [0.1, 0.15) is 13.3 Å². The molecule has 1 aliphatic rings. The zero-order chi connectivity index (χ0) is 14.5. The molecule has 2 atom stereocenters. The van der Waals surface area contributed by atoms with E-state index in [0.717, 1.165) is 0 Å². The van der Waals surface area contributed by atoms with Gasteiger partial charge in [0.2, 0.25) is 11.8 Å². The number of anilines is 1. The molecule has 1 heterocycles. The van der Waals surface area contributed by atoms with Crippen LogP contribution in [0.2, 0.25) is 0 Å². The Morgan fingerprint density at radius 3 is 2.80 bits per heavy atom. The molecular formula is C13H16FN3O2S. The van der Waals surface area contributed by atoms with Crippen LogP contribution in [0.4, 0.5) is 10.1 Å². The molecule has 2 rings (SSSR count). The van der Waals surface area contributed by atoms with Gasteiger partial charge in [0.15, 0.2) is 0 Å². The summed E-state index contributed by atoms with van der Waals surface area (Å²) >= 11 is 1.31. The molecule has 0 bridgehead atoms. The van der Waals surface area contributed by atoms with Crippen LogP contribution in [0.5, 0.6) is 0 Å². The van der Waals surface area contributed by atoms with E-state index in [9.17, 15) is 14.0 Å². The molecule has 108 valence electrons. The van der Waals surface area contributed by atoms with E-state index < -0.39 is 0 Å². The van der Waals surface area contributed by atoms with E-state index in [-0.39, 0.29) is 34.9 Å². The Morgan fingerprint density at radius 2 is 2.15 bits per heavy atom. The smallest absolute Gasteiger partial charge is 0.234 e. The highest BCUT2D eigenvalue weighted by atomic mass is 32.2. The van der Waals surface area contributed by atoms with E-state index in [1.54, 1.807) is 0 Å². The van der Waals surface area contributed by atoms with E-state index in [0.29, 0.717) is 12.1 Å². The summed E-state index contributed by atoms with van der Waals surface area (Å²) in [5.41, 5.74) is 0.288. The molecule has 7 heteroatoms. The zero-order valence-electron chi connectivity index (χ0n) is 11.0. The second-order valence-corrected chi connectivity index (χ2v) is 5.68. The van der Waals surface area contributed by atoms with Gasteiger partial charge in [0.25, 0.3) is 0 Å². The van der Waals surface area contributed by atoms with Crippen molar-refractivity contribution >= 4 is 29.3 Å². The SMILES string of the molecule is CC1CC(=O)NC(SCC(=O)Nc2ccc(F)cc2)N1. The molecule has 1 aromatic carbocycles. The highest BCUT2D eigenvalue weighted by molar-refractivity contribution is 8.00. The molecule has 0 saturated carbocycles. The van der Waals surface area contributed by atoms with Gasteiger partial charge >= 0.3 is 0 Å². The number of thioether (sulfide) groups is 1. The van der Waals surface area contributed by atoms with E-state index in [2.05, 4.69) is 16.0 Å². The molecule has 20 heavy (non-hydrogen) atoms. The van der Waals surface area contributed by atoms with Crippen LogP contribution >= 0.6 is 11.8 Å². The largest absolute Gasteiger partial charge is 0.332 e. The van der Waals surface area contributed by atoms with Gasteiger partial charge in [-0.1, -0.05) is 0 Å². The van der Waals surface area contributed by atoms with Gasteiger partial charge in [-0.15, -0.1) is 11.8 Å². The lowest BCUT2D eigenvalue weighted by Crippen LogP contribution is -2.53. The molecule has 3 N–H and O–H groups in total. The predicted molar refractivity (Wildman–Crippen MR) is 76.6 cm³/mol. The van der Waals surface area contributed by atoms with Gasteiger partial charge in [-0.05, 0) is 31.2 Å². The number of carbonyl (C=O) groups is 2. The Hall–Kier alpha value is -1.60. The summed E-state index contributed by atoms with van der Waals surface area (Å²) in [4.78, 5) is 23.1. The summed E-state index contributed by atoms with van der Waals surface area (Å²) in [7, 11) is 0. The number of carbonyl (C=O) groups excluding carboxylic acids is 2. The Bertz CT molecular complexity index is 495. The van der Waals surface area contributed by atoms with E-state index in [4.69, 9.17) is 0 Å². The van der Waals surface area contributed by atoms with Gasteiger partial charge in [-0.2, -0.15) is 0 Å². The third-order valence-electron chi connectivity index (χ3n) is 2.73. The fraction of sp³-hybridized carbons (Fsp3) is 0.385. The van der Waals surface area contributed by atoms with Crippen molar-refractivity contribution in [2.45, 2.75) is 24.9 Å². The lowest BCUT2D eigenvalue weighted by molar-refractivity contribution is -0.123. The van der Waals surface area contributed by atoms with Crippen molar-refractivity contribution in [3.05, 3.63) is 30.1 Å². The normalized spacial score (nSPS) is 22.2. The van der Waals surface area contributed by atoms with Crippen molar-refractivity contribution in [2.24, 2.45) is 0 Å². The first kappa shape index (κ1) is 14.8. The van der Waals surface area contributed by atoms with Gasteiger partial charge in [-0.25, -0.2) is 4.39 Å². The summed E-state index contributed by atoms with van der Waals surface area (Å²) in [6, 6.07) is 5.67. The van der Waals surface area contributed by atoms with Crippen molar-refractivity contribution in [3.63, 3.8) is 0 Å². The molecule has 0 aromatic heterocycles.